The Morgan fingerprint density at radius 1 is 1.26 bits per heavy atom. The molecule has 0 bridgehead atoms. The normalized spacial score (nSPS) is 26.8. The van der Waals surface area contributed by atoms with Gasteiger partial charge in [-0.15, -0.1) is 24.0 Å². The van der Waals surface area contributed by atoms with Crippen LogP contribution in [0.3, 0.4) is 0 Å². The Labute approximate surface area is 180 Å². The smallest absolute Gasteiger partial charge is 0.191 e. The summed E-state index contributed by atoms with van der Waals surface area (Å²) in [5, 5.41) is 6.90. The van der Waals surface area contributed by atoms with E-state index in [4.69, 9.17) is 9.73 Å². The third kappa shape index (κ3) is 5.15. The summed E-state index contributed by atoms with van der Waals surface area (Å²) >= 11 is 0. The lowest BCUT2D eigenvalue weighted by Gasteiger charge is -2.35. The number of hydrogen-bond donors (Lipinski definition) is 2. The molecule has 2 aliphatic heterocycles. The van der Waals surface area contributed by atoms with E-state index in [0.717, 1.165) is 38.7 Å². The van der Waals surface area contributed by atoms with Gasteiger partial charge < -0.3 is 15.4 Å². The third-order valence-electron chi connectivity index (χ3n) is 6.08. The van der Waals surface area contributed by atoms with Crippen molar-refractivity contribution in [3.63, 3.8) is 0 Å². The molecule has 3 fully saturated rings. The summed E-state index contributed by atoms with van der Waals surface area (Å²) in [6.45, 7) is 7.84. The number of halogens is 1. The van der Waals surface area contributed by atoms with Crippen LogP contribution in [-0.2, 0) is 10.2 Å². The van der Waals surface area contributed by atoms with Gasteiger partial charge in [-0.3, -0.25) is 9.89 Å². The van der Waals surface area contributed by atoms with Gasteiger partial charge >= 0.3 is 0 Å². The van der Waals surface area contributed by atoms with Gasteiger partial charge in [-0.1, -0.05) is 30.3 Å². The summed E-state index contributed by atoms with van der Waals surface area (Å²) in [6.07, 6.45) is 5.35. The fraction of sp³-hybridized carbons (Fsp3) is 0.667. The van der Waals surface area contributed by atoms with Gasteiger partial charge in [-0.05, 0) is 44.7 Å². The molecule has 2 heterocycles. The summed E-state index contributed by atoms with van der Waals surface area (Å²) in [4.78, 5) is 7.49. The Morgan fingerprint density at radius 2 is 2.07 bits per heavy atom. The second-order valence-corrected chi connectivity index (χ2v) is 7.97. The van der Waals surface area contributed by atoms with Gasteiger partial charge in [0.25, 0.3) is 0 Å². The maximum atomic E-state index is 6.06. The highest BCUT2D eigenvalue weighted by atomic mass is 127. The maximum Gasteiger partial charge on any atom is 0.191 e. The van der Waals surface area contributed by atoms with E-state index in [0.29, 0.717) is 6.04 Å². The molecule has 5 nitrogen and oxygen atoms in total. The molecule has 0 aromatic heterocycles. The predicted molar refractivity (Wildman–Crippen MR) is 121 cm³/mol. The molecular formula is C21H33IN4O. The van der Waals surface area contributed by atoms with E-state index in [1.165, 1.54) is 37.8 Å². The van der Waals surface area contributed by atoms with Crippen LogP contribution >= 0.6 is 24.0 Å². The molecule has 4 rings (SSSR count). The van der Waals surface area contributed by atoms with Gasteiger partial charge in [-0.2, -0.15) is 0 Å². The molecule has 1 aromatic carbocycles. The molecule has 1 aromatic rings. The number of hydrogen-bond acceptors (Lipinski definition) is 3. The zero-order chi connectivity index (χ0) is 17.8. The van der Waals surface area contributed by atoms with Gasteiger partial charge in [0.1, 0.15) is 0 Å². The quantitative estimate of drug-likeness (QED) is 0.371. The Balaban J connectivity index is 0.00000210. The summed E-state index contributed by atoms with van der Waals surface area (Å²) < 4.78 is 6.06. The molecule has 0 spiro atoms. The lowest BCUT2D eigenvalue weighted by Crippen LogP contribution is -2.51. The molecule has 0 radical (unpaired) electrons. The van der Waals surface area contributed by atoms with Crippen LogP contribution < -0.4 is 10.6 Å². The van der Waals surface area contributed by atoms with Crippen molar-refractivity contribution < 1.29 is 4.74 Å². The van der Waals surface area contributed by atoms with E-state index >= 15 is 0 Å². The lowest BCUT2D eigenvalue weighted by molar-refractivity contribution is -0.0453. The molecule has 2 saturated heterocycles. The molecule has 1 saturated carbocycles. The fourth-order valence-corrected chi connectivity index (χ4v) is 4.27. The van der Waals surface area contributed by atoms with Crippen LogP contribution in [0.4, 0.5) is 0 Å². The standard InChI is InChI=1S/C21H32N4O.HI/c1-2-22-20(23-13-19-14-25-12-6-9-18(25)15-26-19)24-16-21(10-11-21)17-7-4-3-5-8-17;/h3-5,7-8,18-19H,2,6,9-16H2,1H3,(H2,22,23,24);1H. The SMILES string of the molecule is CCNC(=NCC1(c2ccccc2)CC1)NCC1CN2CCCC2CO1.I. The van der Waals surface area contributed by atoms with Crippen molar-refractivity contribution in [3.05, 3.63) is 35.9 Å². The van der Waals surface area contributed by atoms with Crippen molar-refractivity contribution in [2.75, 3.05) is 39.3 Å². The van der Waals surface area contributed by atoms with Crippen LogP contribution in [0, 0.1) is 0 Å². The molecule has 6 heteroatoms. The number of nitrogens with one attached hydrogen (secondary N) is 2. The summed E-state index contributed by atoms with van der Waals surface area (Å²) in [6, 6.07) is 11.5. The monoisotopic (exact) mass is 484 g/mol. The van der Waals surface area contributed by atoms with Crippen LogP contribution in [0.2, 0.25) is 0 Å². The number of rotatable bonds is 6. The maximum absolute atomic E-state index is 6.06. The molecule has 2 N–H and O–H groups in total. The number of nitrogens with zero attached hydrogens (tertiary/aromatic N) is 2. The minimum absolute atomic E-state index is 0. The zero-order valence-corrected chi connectivity index (χ0v) is 18.7. The number of benzene rings is 1. The van der Waals surface area contributed by atoms with Gasteiger partial charge in [0.2, 0.25) is 0 Å². The average Bonchev–Trinajstić information content (AvgIpc) is 3.33. The topological polar surface area (TPSA) is 48.9 Å². The number of fused-ring (bicyclic) bond motifs is 1. The number of aliphatic imine (C=N–C) groups is 1. The predicted octanol–water partition coefficient (Wildman–Crippen LogP) is 2.75. The Morgan fingerprint density at radius 3 is 2.81 bits per heavy atom. The third-order valence-corrected chi connectivity index (χ3v) is 6.08. The van der Waals surface area contributed by atoms with Crippen LogP contribution in [-0.4, -0.2) is 62.3 Å². The molecule has 27 heavy (non-hydrogen) atoms. The molecule has 3 aliphatic rings. The first-order valence-electron chi connectivity index (χ1n) is 10.2. The minimum Gasteiger partial charge on any atom is -0.373 e. The highest BCUT2D eigenvalue weighted by molar-refractivity contribution is 14.0. The first-order chi connectivity index (χ1) is 12.8. The minimum atomic E-state index is 0. The lowest BCUT2D eigenvalue weighted by atomic mass is 9.96. The van der Waals surface area contributed by atoms with Gasteiger partial charge in [0.15, 0.2) is 5.96 Å². The first kappa shape index (κ1) is 20.9. The van der Waals surface area contributed by atoms with Crippen LogP contribution in [0.5, 0.6) is 0 Å². The Bertz CT molecular complexity index is 620. The number of morpholine rings is 1. The van der Waals surface area contributed by atoms with E-state index < -0.39 is 0 Å². The van der Waals surface area contributed by atoms with Crippen molar-refractivity contribution in [2.45, 2.75) is 50.2 Å². The Hall–Kier alpha value is -0.860. The zero-order valence-electron chi connectivity index (χ0n) is 16.3. The van der Waals surface area contributed by atoms with E-state index in [2.05, 4.69) is 52.8 Å². The van der Waals surface area contributed by atoms with Crippen molar-refractivity contribution in [1.29, 1.82) is 0 Å². The molecule has 1 aliphatic carbocycles. The molecule has 2 unspecified atom stereocenters. The van der Waals surface area contributed by atoms with E-state index in [1.807, 2.05) is 0 Å². The molecular weight excluding hydrogens is 451 g/mol. The number of guanidine groups is 1. The molecule has 0 amide bonds. The first-order valence-corrected chi connectivity index (χ1v) is 10.2. The average molecular weight is 484 g/mol. The molecule has 150 valence electrons. The van der Waals surface area contributed by atoms with E-state index in [1.54, 1.807) is 0 Å². The second kappa shape index (κ2) is 9.56. The fourth-order valence-electron chi connectivity index (χ4n) is 4.27. The van der Waals surface area contributed by atoms with Gasteiger partial charge in [-0.25, -0.2) is 0 Å². The summed E-state index contributed by atoms with van der Waals surface area (Å²) in [5.74, 6) is 0.918. The van der Waals surface area contributed by atoms with Crippen LogP contribution in [0.25, 0.3) is 0 Å². The van der Waals surface area contributed by atoms with Crippen molar-refractivity contribution in [1.82, 2.24) is 15.5 Å². The second-order valence-electron chi connectivity index (χ2n) is 7.97. The highest BCUT2D eigenvalue weighted by Crippen LogP contribution is 2.48. The summed E-state index contributed by atoms with van der Waals surface area (Å²) in [5.41, 5.74) is 1.68. The van der Waals surface area contributed by atoms with E-state index in [9.17, 15) is 0 Å². The van der Waals surface area contributed by atoms with Crippen molar-refractivity contribution in [3.8, 4) is 0 Å². The summed E-state index contributed by atoms with van der Waals surface area (Å²) in [7, 11) is 0. The highest BCUT2D eigenvalue weighted by Gasteiger charge is 2.44. The van der Waals surface area contributed by atoms with Crippen LogP contribution in [0.1, 0.15) is 38.2 Å². The van der Waals surface area contributed by atoms with Gasteiger partial charge in [0, 0.05) is 31.1 Å². The van der Waals surface area contributed by atoms with E-state index in [-0.39, 0.29) is 35.5 Å². The molecule has 2 atom stereocenters. The largest absolute Gasteiger partial charge is 0.373 e. The van der Waals surface area contributed by atoms with Crippen LogP contribution in [0.15, 0.2) is 35.3 Å². The van der Waals surface area contributed by atoms with Crippen molar-refractivity contribution >= 4 is 29.9 Å². The van der Waals surface area contributed by atoms with Crippen molar-refractivity contribution in [2.24, 2.45) is 4.99 Å². The number of ether oxygens (including phenoxy) is 1. The Kier molecular flexibility index (Phi) is 7.39. The van der Waals surface area contributed by atoms with Gasteiger partial charge in [0.05, 0.1) is 19.3 Å².